The van der Waals surface area contributed by atoms with Gasteiger partial charge in [0.15, 0.2) is 0 Å². The van der Waals surface area contributed by atoms with Crippen LogP contribution < -0.4 is 5.56 Å². The SMILES string of the molecule is CC(C)(C)c1ccc(=O)n(CC2CN(Cc3csc(C4CCCC4)n3)C2)n1. The van der Waals surface area contributed by atoms with Crippen molar-refractivity contribution in [3.63, 3.8) is 0 Å². The molecule has 2 aromatic heterocycles. The summed E-state index contributed by atoms with van der Waals surface area (Å²) in [5.41, 5.74) is 2.15. The van der Waals surface area contributed by atoms with Gasteiger partial charge in [0.25, 0.3) is 5.56 Å². The van der Waals surface area contributed by atoms with E-state index in [2.05, 4.69) is 36.1 Å². The molecule has 5 nitrogen and oxygen atoms in total. The summed E-state index contributed by atoms with van der Waals surface area (Å²) < 4.78 is 1.66. The molecule has 0 aromatic carbocycles. The predicted octanol–water partition coefficient (Wildman–Crippen LogP) is 3.79. The highest BCUT2D eigenvalue weighted by atomic mass is 32.1. The van der Waals surface area contributed by atoms with E-state index < -0.39 is 0 Å². The lowest BCUT2D eigenvalue weighted by Gasteiger charge is -2.38. The molecule has 0 spiro atoms. The Morgan fingerprint density at radius 1 is 1.19 bits per heavy atom. The molecular weight excluding hydrogens is 356 g/mol. The Balaban J connectivity index is 1.31. The van der Waals surface area contributed by atoms with Gasteiger partial charge < -0.3 is 0 Å². The van der Waals surface area contributed by atoms with Crippen LogP contribution >= 0.6 is 11.3 Å². The van der Waals surface area contributed by atoms with Crippen molar-refractivity contribution >= 4 is 11.3 Å². The number of thiazole rings is 1. The third kappa shape index (κ3) is 4.32. The zero-order valence-corrected chi connectivity index (χ0v) is 17.5. The lowest BCUT2D eigenvalue weighted by Crippen LogP contribution is -2.49. The first-order valence-corrected chi connectivity index (χ1v) is 11.0. The number of rotatable bonds is 5. The second-order valence-electron chi connectivity index (χ2n) is 9.21. The minimum atomic E-state index is -0.0389. The van der Waals surface area contributed by atoms with E-state index in [0.29, 0.717) is 18.4 Å². The lowest BCUT2D eigenvalue weighted by molar-refractivity contribution is 0.0752. The first-order valence-electron chi connectivity index (χ1n) is 10.1. The minimum absolute atomic E-state index is 0.00200. The van der Waals surface area contributed by atoms with Gasteiger partial charge in [0.1, 0.15) is 0 Å². The predicted molar refractivity (Wildman–Crippen MR) is 109 cm³/mol. The first kappa shape index (κ1) is 18.8. The molecule has 1 saturated carbocycles. The van der Waals surface area contributed by atoms with Crippen LogP contribution in [0.4, 0.5) is 0 Å². The molecule has 0 amide bonds. The topological polar surface area (TPSA) is 51.0 Å². The smallest absolute Gasteiger partial charge is 0.266 e. The van der Waals surface area contributed by atoms with E-state index in [1.807, 2.05) is 17.4 Å². The van der Waals surface area contributed by atoms with Gasteiger partial charge in [-0.2, -0.15) is 5.10 Å². The van der Waals surface area contributed by atoms with E-state index in [1.165, 1.54) is 36.4 Å². The third-order valence-corrected chi connectivity index (χ3v) is 6.81. The maximum Gasteiger partial charge on any atom is 0.266 e. The third-order valence-electron chi connectivity index (χ3n) is 5.76. The summed E-state index contributed by atoms with van der Waals surface area (Å²) in [6.07, 6.45) is 5.34. The van der Waals surface area contributed by atoms with Crippen LogP contribution in [0.1, 0.15) is 68.8 Å². The Morgan fingerprint density at radius 3 is 2.63 bits per heavy atom. The van der Waals surface area contributed by atoms with Gasteiger partial charge in [-0.05, 0) is 18.9 Å². The molecule has 1 saturated heterocycles. The maximum atomic E-state index is 12.2. The molecule has 3 heterocycles. The Hall–Kier alpha value is -1.53. The van der Waals surface area contributed by atoms with Crippen molar-refractivity contribution in [1.82, 2.24) is 19.7 Å². The van der Waals surface area contributed by atoms with Crippen LogP contribution in [0.2, 0.25) is 0 Å². The number of nitrogens with zero attached hydrogens (tertiary/aromatic N) is 4. The summed E-state index contributed by atoms with van der Waals surface area (Å²) in [6, 6.07) is 3.51. The second kappa shape index (κ2) is 7.47. The monoisotopic (exact) mass is 386 g/mol. The van der Waals surface area contributed by atoms with Crippen molar-refractivity contribution < 1.29 is 0 Å². The zero-order chi connectivity index (χ0) is 19.0. The van der Waals surface area contributed by atoms with Gasteiger partial charge in [0, 0.05) is 48.3 Å². The van der Waals surface area contributed by atoms with Gasteiger partial charge in [0.05, 0.1) is 22.9 Å². The number of likely N-dealkylation sites (tertiary alicyclic amines) is 1. The summed E-state index contributed by atoms with van der Waals surface area (Å²) in [4.78, 5) is 19.5. The van der Waals surface area contributed by atoms with Crippen molar-refractivity contribution in [2.75, 3.05) is 13.1 Å². The van der Waals surface area contributed by atoms with Crippen molar-refractivity contribution in [3.05, 3.63) is 44.3 Å². The summed E-state index contributed by atoms with van der Waals surface area (Å²) in [5.74, 6) is 1.21. The number of hydrogen-bond acceptors (Lipinski definition) is 5. The molecule has 6 heteroatoms. The molecule has 1 aliphatic heterocycles. The van der Waals surface area contributed by atoms with Crippen LogP contribution in [0.15, 0.2) is 22.3 Å². The molecular formula is C21H30N4OS. The fourth-order valence-electron chi connectivity index (χ4n) is 4.13. The highest BCUT2D eigenvalue weighted by Gasteiger charge is 2.29. The molecule has 0 atom stereocenters. The summed E-state index contributed by atoms with van der Waals surface area (Å²) >= 11 is 1.84. The van der Waals surface area contributed by atoms with E-state index >= 15 is 0 Å². The van der Waals surface area contributed by atoms with Crippen LogP contribution in [-0.2, 0) is 18.5 Å². The van der Waals surface area contributed by atoms with Gasteiger partial charge in [-0.15, -0.1) is 11.3 Å². The fraction of sp³-hybridized carbons (Fsp3) is 0.667. The van der Waals surface area contributed by atoms with E-state index in [-0.39, 0.29) is 11.0 Å². The van der Waals surface area contributed by atoms with Crippen LogP contribution in [-0.4, -0.2) is 32.8 Å². The first-order chi connectivity index (χ1) is 12.9. The number of hydrogen-bond donors (Lipinski definition) is 0. The average Bonchev–Trinajstić information content (AvgIpc) is 3.24. The molecule has 0 radical (unpaired) electrons. The number of aromatic nitrogens is 3. The molecule has 2 aliphatic rings. The Bertz CT molecular complexity index is 838. The van der Waals surface area contributed by atoms with Crippen molar-refractivity contribution in [3.8, 4) is 0 Å². The van der Waals surface area contributed by atoms with Crippen molar-refractivity contribution in [1.29, 1.82) is 0 Å². The Labute approximate surface area is 165 Å². The highest BCUT2D eigenvalue weighted by molar-refractivity contribution is 7.09. The summed E-state index contributed by atoms with van der Waals surface area (Å²) in [7, 11) is 0. The summed E-state index contributed by atoms with van der Waals surface area (Å²) in [5, 5.41) is 8.17. The molecule has 0 N–H and O–H groups in total. The van der Waals surface area contributed by atoms with E-state index in [4.69, 9.17) is 4.98 Å². The second-order valence-corrected chi connectivity index (χ2v) is 10.1. The van der Waals surface area contributed by atoms with Gasteiger partial charge in [-0.3, -0.25) is 9.69 Å². The van der Waals surface area contributed by atoms with Gasteiger partial charge in [0.2, 0.25) is 0 Å². The van der Waals surface area contributed by atoms with E-state index in [0.717, 1.165) is 25.3 Å². The molecule has 0 bridgehead atoms. The van der Waals surface area contributed by atoms with Crippen molar-refractivity contribution in [2.24, 2.45) is 5.92 Å². The molecule has 4 rings (SSSR count). The fourth-order valence-corrected chi connectivity index (χ4v) is 5.11. The molecule has 1 aliphatic carbocycles. The summed E-state index contributed by atoms with van der Waals surface area (Å²) in [6.45, 7) is 10.1. The average molecular weight is 387 g/mol. The quantitative estimate of drug-likeness (QED) is 0.785. The Morgan fingerprint density at radius 2 is 1.93 bits per heavy atom. The Kier molecular flexibility index (Phi) is 5.21. The van der Waals surface area contributed by atoms with Crippen LogP contribution in [0.3, 0.4) is 0 Å². The highest BCUT2D eigenvalue weighted by Crippen LogP contribution is 2.36. The minimum Gasteiger partial charge on any atom is -0.297 e. The molecule has 0 unspecified atom stereocenters. The molecule has 2 fully saturated rings. The lowest BCUT2D eigenvalue weighted by atomic mass is 9.92. The normalized spacial score (nSPS) is 19.5. The molecule has 146 valence electrons. The van der Waals surface area contributed by atoms with Gasteiger partial charge in [-0.25, -0.2) is 9.67 Å². The standard InChI is InChI=1S/C21H30N4OS/c1-21(2,3)18-8-9-19(26)25(23-18)12-15-10-24(11-15)13-17-14-27-20(22-17)16-6-4-5-7-16/h8-9,14-16H,4-7,10-13H2,1-3H3. The van der Waals surface area contributed by atoms with Gasteiger partial charge in [-0.1, -0.05) is 33.6 Å². The van der Waals surface area contributed by atoms with Crippen LogP contribution in [0.5, 0.6) is 0 Å². The van der Waals surface area contributed by atoms with Gasteiger partial charge >= 0.3 is 0 Å². The maximum absolute atomic E-state index is 12.2. The van der Waals surface area contributed by atoms with E-state index in [9.17, 15) is 4.79 Å². The van der Waals surface area contributed by atoms with Crippen LogP contribution in [0.25, 0.3) is 0 Å². The van der Waals surface area contributed by atoms with Crippen molar-refractivity contribution in [2.45, 2.75) is 70.9 Å². The largest absolute Gasteiger partial charge is 0.297 e. The molecule has 2 aromatic rings. The van der Waals surface area contributed by atoms with Crippen LogP contribution in [0, 0.1) is 5.92 Å². The molecule has 27 heavy (non-hydrogen) atoms. The zero-order valence-electron chi connectivity index (χ0n) is 16.6. The van der Waals surface area contributed by atoms with E-state index in [1.54, 1.807) is 10.7 Å².